The van der Waals surface area contributed by atoms with Crippen molar-refractivity contribution in [3.05, 3.63) is 24.3 Å². The largest absolute Gasteiger partial charge is 0.481 e. The first-order valence-corrected chi connectivity index (χ1v) is 7.87. The smallest absolute Gasteiger partial charge is 0.308 e. The summed E-state index contributed by atoms with van der Waals surface area (Å²) >= 11 is 0. The highest BCUT2D eigenvalue weighted by Gasteiger charge is 2.31. The fourth-order valence-corrected chi connectivity index (χ4v) is 3.22. The molecule has 1 fully saturated rings. The third kappa shape index (κ3) is 3.06. The fourth-order valence-electron chi connectivity index (χ4n) is 3.22. The second-order valence-corrected chi connectivity index (χ2v) is 6.54. The van der Waals surface area contributed by atoms with Crippen LogP contribution in [0.25, 0.3) is 10.9 Å². The van der Waals surface area contributed by atoms with Crippen LogP contribution in [0.2, 0.25) is 0 Å². The zero-order valence-electron chi connectivity index (χ0n) is 13.7. The number of hydrogen-bond donors (Lipinski definition) is 1. The normalized spacial score (nSPS) is 21.4. The summed E-state index contributed by atoms with van der Waals surface area (Å²) in [6, 6.07) is 7.90. The molecule has 1 aliphatic heterocycles. The van der Waals surface area contributed by atoms with E-state index in [-0.39, 0.29) is 5.92 Å². The standard InChI is InChI=1S/C17H22N4O2/c1-11-8-12(16(22)23)10-21(9-11)17-18-14-7-5-4-6-13(14)15(19-17)20(2)3/h4-7,11-12H,8-10H2,1-3H3,(H,22,23). The van der Waals surface area contributed by atoms with Gasteiger partial charge in [-0.05, 0) is 24.5 Å². The van der Waals surface area contributed by atoms with Gasteiger partial charge in [-0.2, -0.15) is 4.98 Å². The van der Waals surface area contributed by atoms with Gasteiger partial charge in [0.05, 0.1) is 11.4 Å². The minimum absolute atomic E-state index is 0.308. The lowest BCUT2D eigenvalue weighted by atomic mass is 9.91. The van der Waals surface area contributed by atoms with Crippen molar-refractivity contribution in [2.75, 3.05) is 37.0 Å². The van der Waals surface area contributed by atoms with E-state index in [9.17, 15) is 9.90 Å². The Morgan fingerprint density at radius 1 is 1.26 bits per heavy atom. The van der Waals surface area contributed by atoms with Crippen molar-refractivity contribution >= 4 is 28.6 Å². The van der Waals surface area contributed by atoms with Crippen molar-refractivity contribution in [1.82, 2.24) is 9.97 Å². The van der Waals surface area contributed by atoms with Gasteiger partial charge in [0.1, 0.15) is 5.82 Å². The van der Waals surface area contributed by atoms with Crippen LogP contribution in [-0.4, -0.2) is 48.2 Å². The summed E-state index contributed by atoms with van der Waals surface area (Å²) in [6.45, 7) is 3.33. The molecule has 6 heteroatoms. The maximum absolute atomic E-state index is 11.4. The van der Waals surface area contributed by atoms with E-state index in [4.69, 9.17) is 4.98 Å². The molecule has 0 bridgehead atoms. The molecule has 1 aromatic carbocycles. The lowest BCUT2D eigenvalue weighted by Gasteiger charge is -2.35. The van der Waals surface area contributed by atoms with Crippen molar-refractivity contribution < 1.29 is 9.90 Å². The third-order valence-corrected chi connectivity index (χ3v) is 4.29. The Morgan fingerprint density at radius 2 is 2.00 bits per heavy atom. The molecule has 122 valence electrons. The number of para-hydroxylation sites is 1. The number of rotatable bonds is 3. The van der Waals surface area contributed by atoms with Crippen molar-refractivity contribution in [3.63, 3.8) is 0 Å². The van der Waals surface area contributed by atoms with Gasteiger partial charge in [-0.3, -0.25) is 4.79 Å². The summed E-state index contributed by atoms with van der Waals surface area (Å²) in [7, 11) is 3.91. The molecule has 2 atom stereocenters. The van der Waals surface area contributed by atoms with Gasteiger partial charge in [-0.25, -0.2) is 4.98 Å². The molecule has 6 nitrogen and oxygen atoms in total. The minimum Gasteiger partial charge on any atom is -0.481 e. The second kappa shape index (κ2) is 6.02. The van der Waals surface area contributed by atoms with Gasteiger partial charge in [0.2, 0.25) is 5.95 Å². The Labute approximate surface area is 135 Å². The summed E-state index contributed by atoms with van der Waals surface area (Å²) in [4.78, 5) is 24.7. The number of hydrogen-bond acceptors (Lipinski definition) is 5. The Hall–Kier alpha value is -2.37. The summed E-state index contributed by atoms with van der Waals surface area (Å²) in [5, 5.41) is 10.4. The Balaban J connectivity index is 2.03. The van der Waals surface area contributed by atoms with Crippen LogP contribution in [0.3, 0.4) is 0 Å². The highest BCUT2D eigenvalue weighted by atomic mass is 16.4. The van der Waals surface area contributed by atoms with Crippen LogP contribution in [0, 0.1) is 11.8 Å². The summed E-state index contributed by atoms with van der Waals surface area (Å²) < 4.78 is 0. The Morgan fingerprint density at radius 3 is 2.70 bits per heavy atom. The van der Waals surface area contributed by atoms with Gasteiger partial charge in [0, 0.05) is 32.6 Å². The van der Waals surface area contributed by atoms with Crippen LogP contribution >= 0.6 is 0 Å². The topological polar surface area (TPSA) is 69.6 Å². The SMILES string of the molecule is CC1CC(C(=O)O)CN(c2nc(N(C)C)c3ccccc3n2)C1. The summed E-state index contributed by atoms with van der Waals surface area (Å²) in [5.41, 5.74) is 0.881. The lowest BCUT2D eigenvalue weighted by molar-refractivity contribution is -0.142. The molecule has 3 rings (SSSR count). The highest BCUT2D eigenvalue weighted by molar-refractivity contribution is 5.90. The number of piperidine rings is 1. The van der Waals surface area contributed by atoms with Crippen LogP contribution in [0.5, 0.6) is 0 Å². The number of carboxylic acid groups (broad SMARTS) is 1. The van der Waals surface area contributed by atoms with Gasteiger partial charge in [0.25, 0.3) is 0 Å². The van der Waals surface area contributed by atoms with Gasteiger partial charge in [-0.15, -0.1) is 0 Å². The molecule has 23 heavy (non-hydrogen) atoms. The zero-order valence-corrected chi connectivity index (χ0v) is 13.7. The van der Waals surface area contributed by atoms with E-state index in [2.05, 4.69) is 11.9 Å². The summed E-state index contributed by atoms with van der Waals surface area (Å²) in [5.74, 6) is 0.676. The van der Waals surface area contributed by atoms with Crippen LogP contribution in [0.1, 0.15) is 13.3 Å². The first kappa shape index (κ1) is 15.5. The summed E-state index contributed by atoms with van der Waals surface area (Å²) in [6.07, 6.45) is 0.708. The number of aromatic nitrogens is 2. The molecular formula is C17H22N4O2. The molecule has 1 aliphatic rings. The predicted molar refractivity (Wildman–Crippen MR) is 91.0 cm³/mol. The van der Waals surface area contributed by atoms with Crippen molar-refractivity contribution in [2.45, 2.75) is 13.3 Å². The predicted octanol–water partition coefficient (Wildman–Crippen LogP) is 2.24. The number of benzene rings is 1. The van der Waals surface area contributed by atoms with Crippen molar-refractivity contribution in [2.24, 2.45) is 11.8 Å². The maximum atomic E-state index is 11.4. The number of carboxylic acids is 1. The van der Waals surface area contributed by atoms with E-state index in [1.165, 1.54) is 0 Å². The second-order valence-electron chi connectivity index (χ2n) is 6.54. The maximum Gasteiger partial charge on any atom is 0.308 e. The number of carbonyl (C=O) groups is 1. The zero-order chi connectivity index (χ0) is 16.6. The molecule has 0 aliphatic carbocycles. The van der Waals surface area contributed by atoms with Crippen molar-refractivity contribution in [3.8, 4) is 0 Å². The molecule has 0 radical (unpaired) electrons. The molecule has 2 aromatic rings. The quantitative estimate of drug-likeness (QED) is 0.937. The average molecular weight is 314 g/mol. The van der Waals surface area contributed by atoms with Crippen molar-refractivity contribution in [1.29, 1.82) is 0 Å². The van der Waals surface area contributed by atoms with Crippen LogP contribution < -0.4 is 9.80 Å². The Kier molecular flexibility index (Phi) is 4.07. The molecule has 1 N–H and O–H groups in total. The molecular weight excluding hydrogens is 292 g/mol. The van der Waals surface area contributed by atoms with Gasteiger partial charge in [0.15, 0.2) is 0 Å². The molecule has 0 saturated carbocycles. The number of aliphatic carboxylic acids is 1. The van der Waals surface area contributed by atoms with Gasteiger partial charge < -0.3 is 14.9 Å². The van der Waals surface area contributed by atoms with E-state index >= 15 is 0 Å². The van der Waals surface area contributed by atoms with Crippen LogP contribution in [0.4, 0.5) is 11.8 Å². The molecule has 0 amide bonds. The van der Waals surface area contributed by atoms with E-state index in [1.54, 1.807) is 0 Å². The number of fused-ring (bicyclic) bond motifs is 1. The molecule has 2 heterocycles. The highest BCUT2D eigenvalue weighted by Crippen LogP contribution is 2.29. The molecule has 1 aromatic heterocycles. The Bertz CT molecular complexity index is 732. The average Bonchev–Trinajstić information content (AvgIpc) is 2.53. The van der Waals surface area contributed by atoms with E-state index in [0.29, 0.717) is 24.8 Å². The number of nitrogens with zero attached hydrogens (tertiary/aromatic N) is 4. The van der Waals surface area contributed by atoms with Crippen LogP contribution in [0.15, 0.2) is 24.3 Å². The van der Waals surface area contributed by atoms with Gasteiger partial charge in [-0.1, -0.05) is 19.1 Å². The van der Waals surface area contributed by atoms with E-state index in [0.717, 1.165) is 23.3 Å². The van der Waals surface area contributed by atoms with Crippen LogP contribution in [-0.2, 0) is 4.79 Å². The van der Waals surface area contributed by atoms with E-state index < -0.39 is 5.97 Å². The fraction of sp³-hybridized carbons (Fsp3) is 0.471. The third-order valence-electron chi connectivity index (χ3n) is 4.29. The first-order chi connectivity index (χ1) is 11.0. The molecule has 1 saturated heterocycles. The molecule has 2 unspecified atom stereocenters. The first-order valence-electron chi connectivity index (χ1n) is 7.87. The number of anilines is 2. The lowest BCUT2D eigenvalue weighted by Crippen LogP contribution is -2.43. The van der Waals surface area contributed by atoms with E-state index in [1.807, 2.05) is 48.2 Å². The minimum atomic E-state index is -0.741. The van der Waals surface area contributed by atoms with Gasteiger partial charge >= 0.3 is 5.97 Å². The monoisotopic (exact) mass is 314 g/mol. The molecule has 0 spiro atoms.